The third-order valence-electron chi connectivity index (χ3n) is 7.57. The van der Waals surface area contributed by atoms with Crippen LogP contribution in [0.5, 0.6) is 0 Å². The normalized spacial score (nSPS) is 55.2. The number of hydrogen-bond donors (Lipinski definition) is 7. The molecule has 0 aromatic heterocycles. The van der Waals surface area contributed by atoms with Gasteiger partial charge in [-0.2, -0.15) is 0 Å². The summed E-state index contributed by atoms with van der Waals surface area (Å²) in [5.41, 5.74) is -0.944. The summed E-state index contributed by atoms with van der Waals surface area (Å²) in [5, 5.41) is 70.7. The monoisotopic (exact) mass is 508 g/mol. The van der Waals surface area contributed by atoms with E-state index >= 15 is 0 Å². The maximum absolute atomic E-state index is 10.5. The Bertz CT molecular complexity index is 783. The molecule has 5 rings (SSSR count). The van der Waals surface area contributed by atoms with Crippen LogP contribution in [0.3, 0.4) is 0 Å². The van der Waals surface area contributed by atoms with Gasteiger partial charge in [0.05, 0.1) is 38.1 Å². The second kappa shape index (κ2) is 9.72. The minimum Gasteiger partial charge on any atom is -0.472 e. The SMILES string of the molecule is COC1C2C=COC(OC3OC(COC4OCC(O)C(O)C4O)C(O)C(O)C3O)C2C2(CO)OC12. The quantitative estimate of drug-likeness (QED) is 0.162. The molecule has 0 aromatic rings. The van der Waals surface area contributed by atoms with E-state index in [9.17, 15) is 35.7 Å². The zero-order chi connectivity index (χ0) is 25.1. The van der Waals surface area contributed by atoms with Crippen molar-refractivity contribution in [1.82, 2.24) is 0 Å². The molecule has 0 amide bonds. The topological polar surface area (TPSA) is 210 Å². The van der Waals surface area contributed by atoms with Gasteiger partial charge in [-0.05, 0) is 6.08 Å². The van der Waals surface area contributed by atoms with Crippen LogP contribution in [0, 0.1) is 11.8 Å². The molecule has 7 N–H and O–H groups in total. The van der Waals surface area contributed by atoms with Crippen molar-refractivity contribution in [3.8, 4) is 0 Å². The maximum atomic E-state index is 10.5. The lowest BCUT2D eigenvalue weighted by atomic mass is 9.85. The molecule has 14 nitrogen and oxygen atoms in total. The predicted molar refractivity (Wildman–Crippen MR) is 108 cm³/mol. The second-order valence-corrected chi connectivity index (χ2v) is 9.52. The van der Waals surface area contributed by atoms with Crippen molar-refractivity contribution >= 4 is 0 Å². The molecular formula is C21H32O14. The van der Waals surface area contributed by atoms with E-state index in [1.54, 1.807) is 13.2 Å². The van der Waals surface area contributed by atoms with E-state index in [0.717, 1.165) is 0 Å². The third-order valence-corrected chi connectivity index (χ3v) is 7.57. The van der Waals surface area contributed by atoms with Gasteiger partial charge in [0.25, 0.3) is 0 Å². The van der Waals surface area contributed by atoms with Crippen molar-refractivity contribution in [3.05, 3.63) is 12.3 Å². The minimum atomic E-state index is -1.67. The van der Waals surface area contributed by atoms with Crippen molar-refractivity contribution in [2.24, 2.45) is 11.8 Å². The molecule has 5 aliphatic rings. The molecule has 15 unspecified atom stereocenters. The summed E-state index contributed by atoms with van der Waals surface area (Å²) in [6, 6.07) is 0. The third kappa shape index (κ3) is 4.20. The van der Waals surface area contributed by atoms with Crippen LogP contribution >= 0.6 is 0 Å². The highest BCUT2D eigenvalue weighted by Gasteiger charge is 2.76. The Balaban J connectivity index is 1.25. The van der Waals surface area contributed by atoms with Crippen molar-refractivity contribution < 1.29 is 68.9 Å². The number of fused-ring (bicyclic) bond motifs is 3. The van der Waals surface area contributed by atoms with Crippen LogP contribution in [0.2, 0.25) is 0 Å². The number of rotatable bonds is 7. The molecule has 14 heteroatoms. The predicted octanol–water partition coefficient (Wildman–Crippen LogP) is -4.47. The summed E-state index contributed by atoms with van der Waals surface area (Å²) >= 11 is 0. The van der Waals surface area contributed by atoms with Crippen molar-refractivity contribution in [2.75, 3.05) is 26.9 Å². The van der Waals surface area contributed by atoms with Crippen LogP contribution in [0.15, 0.2) is 12.3 Å². The molecule has 4 fully saturated rings. The molecule has 3 saturated heterocycles. The van der Waals surface area contributed by atoms with Gasteiger partial charge in [-0.25, -0.2) is 0 Å². The molecule has 15 atom stereocenters. The van der Waals surface area contributed by atoms with Crippen molar-refractivity contribution in [3.63, 3.8) is 0 Å². The molecule has 1 saturated carbocycles. The molecular weight excluding hydrogens is 476 g/mol. The van der Waals surface area contributed by atoms with E-state index in [0.29, 0.717) is 0 Å². The molecule has 0 radical (unpaired) electrons. The lowest BCUT2D eigenvalue weighted by molar-refractivity contribution is -0.352. The highest BCUT2D eigenvalue weighted by atomic mass is 16.8. The summed E-state index contributed by atoms with van der Waals surface area (Å²) < 4.78 is 39.1. The Morgan fingerprint density at radius 1 is 0.943 bits per heavy atom. The van der Waals surface area contributed by atoms with Crippen LogP contribution < -0.4 is 0 Å². The van der Waals surface area contributed by atoms with Gasteiger partial charge in [-0.3, -0.25) is 0 Å². The highest BCUT2D eigenvalue weighted by Crippen LogP contribution is 2.60. The Hall–Kier alpha value is -0.980. The molecule has 0 aromatic carbocycles. The Labute approximate surface area is 200 Å². The number of methoxy groups -OCH3 is 1. The molecule has 4 aliphatic heterocycles. The van der Waals surface area contributed by atoms with E-state index in [4.69, 9.17) is 33.2 Å². The van der Waals surface area contributed by atoms with E-state index in [1.165, 1.54) is 6.26 Å². The highest BCUT2D eigenvalue weighted by molar-refractivity contribution is 5.25. The Morgan fingerprint density at radius 2 is 1.69 bits per heavy atom. The molecule has 4 heterocycles. The largest absolute Gasteiger partial charge is 0.472 e. The number of aliphatic hydroxyl groups excluding tert-OH is 7. The van der Waals surface area contributed by atoms with Gasteiger partial charge in [-0.1, -0.05) is 0 Å². The van der Waals surface area contributed by atoms with Gasteiger partial charge in [0, 0.05) is 13.0 Å². The molecule has 0 bridgehead atoms. The van der Waals surface area contributed by atoms with Crippen LogP contribution in [-0.2, 0) is 33.2 Å². The second-order valence-electron chi connectivity index (χ2n) is 9.52. The summed E-state index contributed by atoms with van der Waals surface area (Å²) in [5.74, 6) is -0.701. The Morgan fingerprint density at radius 3 is 2.40 bits per heavy atom. The number of ether oxygens (including phenoxy) is 7. The van der Waals surface area contributed by atoms with E-state index in [2.05, 4.69) is 0 Å². The van der Waals surface area contributed by atoms with E-state index < -0.39 is 79.7 Å². The molecule has 1 aliphatic carbocycles. The Kier molecular flexibility index (Phi) is 7.13. The number of hydrogen-bond acceptors (Lipinski definition) is 14. The fourth-order valence-corrected chi connectivity index (χ4v) is 5.53. The van der Waals surface area contributed by atoms with E-state index in [1.807, 2.05) is 0 Å². The van der Waals surface area contributed by atoms with Crippen molar-refractivity contribution in [2.45, 2.75) is 79.4 Å². The molecule has 35 heavy (non-hydrogen) atoms. The van der Waals surface area contributed by atoms with Gasteiger partial charge < -0.3 is 68.9 Å². The first kappa shape index (κ1) is 25.7. The lowest BCUT2D eigenvalue weighted by Crippen LogP contribution is -2.61. The average Bonchev–Trinajstić information content (AvgIpc) is 3.52. The van der Waals surface area contributed by atoms with Crippen LogP contribution in [0.4, 0.5) is 0 Å². The fraction of sp³-hybridized carbons (Fsp3) is 0.905. The summed E-state index contributed by atoms with van der Waals surface area (Å²) in [6.07, 6.45) is -11.7. The zero-order valence-electron chi connectivity index (χ0n) is 18.8. The maximum Gasteiger partial charge on any atom is 0.208 e. The van der Waals surface area contributed by atoms with Crippen LogP contribution in [-0.4, -0.2) is 142 Å². The number of epoxide rings is 1. The lowest BCUT2D eigenvalue weighted by Gasteiger charge is -2.44. The first-order chi connectivity index (χ1) is 16.7. The van der Waals surface area contributed by atoms with Gasteiger partial charge in [0.1, 0.15) is 54.4 Å². The van der Waals surface area contributed by atoms with E-state index in [-0.39, 0.29) is 31.3 Å². The van der Waals surface area contributed by atoms with Crippen LogP contribution in [0.25, 0.3) is 0 Å². The fourth-order valence-electron chi connectivity index (χ4n) is 5.53. The van der Waals surface area contributed by atoms with Gasteiger partial charge in [-0.15, -0.1) is 0 Å². The zero-order valence-corrected chi connectivity index (χ0v) is 18.8. The summed E-state index contributed by atoms with van der Waals surface area (Å²) in [6.45, 7) is -0.993. The summed E-state index contributed by atoms with van der Waals surface area (Å²) in [7, 11) is 1.54. The molecule has 0 spiro atoms. The van der Waals surface area contributed by atoms with Crippen molar-refractivity contribution in [1.29, 1.82) is 0 Å². The first-order valence-electron chi connectivity index (χ1n) is 11.5. The smallest absolute Gasteiger partial charge is 0.208 e. The van der Waals surface area contributed by atoms with Crippen LogP contribution in [0.1, 0.15) is 0 Å². The number of aliphatic hydroxyl groups is 7. The molecule has 200 valence electrons. The first-order valence-corrected chi connectivity index (χ1v) is 11.5. The minimum absolute atomic E-state index is 0.202. The van der Waals surface area contributed by atoms with Gasteiger partial charge >= 0.3 is 0 Å². The van der Waals surface area contributed by atoms with Gasteiger partial charge in [0.15, 0.2) is 12.6 Å². The average molecular weight is 508 g/mol. The summed E-state index contributed by atoms with van der Waals surface area (Å²) in [4.78, 5) is 0. The standard InChI is InChI=1S/C21H32O14/c1-29-16-7-2-3-30-18(10(7)21(6-22)17(16)35-21)34-20-15(28)13(26)12(25)9(33-20)5-32-19-14(27)11(24)8(23)4-31-19/h2-3,7-20,22-28H,4-6H2,1H3. The van der Waals surface area contributed by atoms with Gasteiger partial charge in [0.2, 0.25) is 6.29 Å².